The summed E-state index contributed by atoms with van der Waals surface area (Å²) in [5.41, 5.74) is 0.365. The third-order valence-electron chi connectivity index (χ3n) is 6.43. The predicted octanol–water partition coefficient (Wildman–Crippen LogP) is 4.06. The molecule has 2 heterocycles. The first kappa shape index (κ1) is 24.4. The van der Waals surface area contributed by atoms with Crippen LogP contribution >= 0.6 is 0 Å². The Hall–Kier alpha value is -4.34. The molecule has 0 saturated carbocycles. The molecule has 1 atom stereocenters. The second-order valence-corrected chi connectivity index (χ2v) is 8.78. The number of hydrogen-bond donors (Lipinski definition) is 1. The minimum atomic E-state index is -4.50. The van der Waals surface area contributed by atoms with Crippen LogP contribution in [0.1, 0.15) is 15.9 Å². The summed E-state index contributed by atoms with van der Waals surface area (Å²) in [6.07, 6.45) is -4.50. The first-order valence-corrected chi connectivity index (χ1v) is 11.6. The van der Waals surface area contributed by atoms with Gasteiger partial charge in [-0.2, -0.15) is 13.2 Å². The summed E-state index contributed by atoms with van der Waals surface area (Å²) in [7, 11) is 0. The Labute approximate surface area is 210 Å². The summed E-state index contributed by atoms with van der Waals surface area (Å²) in [6, 6.07) is 17.3. The number of nitrogens with one attached hydrogen (secondary N) is 1. The lowest BCUT2D eigenvalue weighted by Gasteiger charge is -2.39. The normalized spacial score (nSPS) is 17.4. The highest BCUT2D eigenvalue weighted by Crippen LogP contribution is 2.34. The largest absolute Gasteiger partial charge is 0.484 e. The van der Waals surface area contributed by atoms with Crippen LogP contribution in [-0.4, -0.2) is 59.8 Å². The third kappa shape index (κ3) is 5.00. The van der Waals surface area contributed by atoms with Gasteiger partial charge in [-0.25, -0.2) is 0 Å². The standard InChI is InChI=1S/C27H22F3N3O4/c28-27(29,30)19-6-4-5-17(13-19)18-9-10-22-21(14-18)26(36)33-12-11-32(15-23(33)25(35)31-22)24(34)16-37-20-7-2-1-3-8-20/h1-10,13-14,23H,11-12,15-16H2,(H,31,35)/t23-/m0/s1. The molecule has 0 bridgehead atoms. The summed E-state index contributed by atoms with van der Waals surface area (Å²) in [5.74, 6) is -0.638. The molecule has 0 aromatic heterocycles. The van der Waals surface area contributed by atoms with E-state index in [1.54, 1.807) is 30.3 Å². The molecule has 2 aliphatic heterocycles. The average Bonchev–Trinajstić information content (AvgIpc) is 3.01. The van der Waals surface area contributed by atoms with Crippen LogP contribution in [0.15, 0.2) is 72.8 Å². The fourth-order valence-corrected chi connectivity index (χ4v) is 4.49. The Balaban J connectivity index is 1.34. The maximum absolute atomic E-state index is 13.4. The van der Waals surface area contributed by atoms with Crippen molar-refractivity contribution >= 4 is 23.4 Å². The number of nitrogens with zero attached hydrogens (tertiary/aromatic N) is 2. The summed E-state index contributed by atoms with van der Waals surface area (Å²) in [5, 5.41) is 2.73. The van der Waals surface area contributed by atoms with E-state index in [1.807, 2.05) is 6.07 Å². The monoisotopic (exact) mass is 509 g/mol. The number of amides is 3. The van der Waals surface area contributed by atoms with Gasteiger partial charge in [0.05, 0.1) is 23.4 Å². The SMILES string of the molecule is O=C1Nc2ccc(-c3cccc(C(F)(F)F)c3)cc2C(=O)N2CCN(C(=O)COc3ccccc3)C[C@@H]12. The van der Waals surface area contributed by atoms with Crippen LogP contribution in [0, 0.1) is 0 Å². The van der Waals surface area contributed by atoms with Crippen molar-refractivity contribution in [1.29, 1.82) is 0 Å². The molecule has 1 fully saturated rings. The van der Waals surface area contributed by atoms with Gasteiger partial charge in [0.2, 0.25) is 5.91 Å². The van der Waals surface area contributed by atoms with Gasteiger partial charge in [-0.05, 0) is 47.5 Å². The molecule has 190 valence electrons. The fraction of sp³-hybridized carbons (Fsp3) is 0.222. The molecule has 3 aromatic carbocycles. The second-order valence-electron chi connectivity index (χ2n) is 8.78. The molecular weight excluding hydrogens is 487 g/mol. The van der Waals surface area contributed by atoms with Gasteiger partial charge in [-0.3, -0.25) is 14.4 Å². The van der Waals surface area contributed by atoms with E-state index in [2.05, 4.69) is 5.32 Å². The zero-order chi connectivity index (χ0) is 26.2. The maximum Gasteiger partial charge on any atom is 0.416 e. The fourth-order valence-electron chi connectivity index (χ4n) is 4.49. The van der Waals surface area contributed by atoms with Crippen molar-refractivity contribution in [2.75, 3.05) is 31.6 Å². The minimum Gasteiger partial charge on any atom is -0.484 e. The number of hydrogen-bond acceptors (Lipinski definition) is 4. The molecule has 0 unspecified atom stereocenters. The Morgan fingerprint density at radius 3 is 2.46 bits per heavy atom. The van der Waals surface area contributed by atoms with Crippen LogP contribution in [0.3, 0.4) is 0 Å². The van der Waals surface area contributed by atoms with Crippen molar-refractivity contribution in [3.63, 3.8) is 0 Å². The molecule has 1 N–H and O–H groups in total. The Morgan fingerprint density at radius 2 is 1.70 bits per heavy atom. The summed E-state index contributed by atoms with van der Waals surface area (Å²) in [4.78, 5) is 42.1. The smallest absolute Gasteiger partial charge is 0.416 e. The van der Waals surface area contributed by atoms with E-state index < -0.39 is 29.6 Å². The molecule has 0 aliphatic carbocycles. The van der Waals surface area contributed by atoms with E-state index in [0.717, 1.165) is 12.1 Å². The third-order valence-corrected chi connectivity index (χ3v) is 6.43. The molecule has 2 aliphatic rings. The number of rotatable bonds is 4. The van der Waals surface area contributed by atoms with Crippen molar-refractivity contribution in [1.82, 2.24) is 9.80 Å². The van der Waals surface area contributed by atoms with Crippen LogP contribution in [0.5, 0.6) is 5.75 Å². The van der Waals surface area contributed by atoms with E-state index in [-0.39, 0.29) is 43.4 Å². The minimum absolute atomic E-state index is 0.00301. The summed E-state index contributed by atoms with van der Waals surface area (Å²) < 4.78 is 45.1. The number of benzene rings is 3. The highest BCUT2D eigenvalue weighted by molar-refractivity contribution is 6.10. The number of fused-ring (bicyclic) bond motifs is 2. The Kier molecular flexibility index (Phi) is 6.32. The van der Waals surface area contributed by atoms with Crippen LogP contribution in [-0.2, 0) is 15.8 Å². The molecule has 7 nitrogen and oxygen atoms in total. The molecule has 1 saturated heterocycles. The molecule has 0 spiro atoms. The van der Waals surface area contributed by atoms with E-state index in [0.29, 0.717) is 16.9 Å². The van der Waals surface area contributed by atoms with Crippen molar-refractivity contribution in [3.8, 4) is 16.9 Å². The lowest BCUT2D eigenvalue weighted by molar-refractivity contribution is -0.138. The topological polar surface area (TPSA) is 79.0 Å². The Bertz CT molecular complexity index is 1360. The predicted molar refractivity (Wildman–Crippen MR) is 129 cm³/mol. The Morgan fingerprint density at radius 1 is 0.946 bits per heavy atom. The number of ether oxygens (including phenoxy) is 1. The maximum atomic E-state index is 13.4. The van der Waals surface area contributed by atoms with E-state index >= 15 is 0 Å². The highest BCUT2D eigenvalue weighted by atomic mass is 19.4. The van der Waals surface area contributed by atoms with Gasteiger partial charge >= 0.3 is 6.18 Å². The number of alkyl halides is 3. The van der Waals surface area contributed by atoms with Gasteiger partial charge in [0.1, 0.15) is 11.8 Å². The second kappa shape index (κ2) is 9.61. The number of anilines is 1. The van der Waals surface area contributed by atoms with Gasteiger partial charge in [-0.15, -0.1) is 0 Å². The molecule has 3 amide bonds. The number of piperazine rings is 1. The van der Waals surface area contributed by atoms with Crippen molar-refractivity contribution < 1.29 is 32.3 Å². The molecule has 0 radical (unpaired) electrons. The van der Waals surface area contributed by atoms with Gasteiger partial charge in [0.25, 0.3) is 11.8 Å². The first-order chi connectivity index (χ1) is 17.7. The van der Waals surface area contributed by atoms with Crippen LogP contribution in [0.2, 0.25) is 0 Å². The number of para-hydroxylation sites is 1. The van der Waals surface area contributed by atoms with Gasteiger partial charge in [0.15, 0.2) is 6.61 Å². The summed E-state index contributed by atoms with van der Waals surface area (Å²) in [6.45, 7) is 0.145. The first-order valence-electron chi connectivity index (χ1n) is 11.6. The molecule has 37 heavy (non-hydrogen) atoms. The van der Waals surface area contributed by atoms with Crippen LogP contribution in [0.4, 0.5) is 18.9 Å². The molecule has 10 heteroatoms. The van der Waals surface area contributed by atoms with E-state index in [4.69, 9.17) is 4.74 Å². The molecule has 3 aromatic rings. The number of halogens is 3. The van der Waals surface area contributed by atoms with Crippen molar-refractivity contribution in [2.24, 2.45) is 0 Å². The van der Waals surface area contributed by atoms with Gasteiger partial charge in [0, 0.05) is 13.1 Å². The van der Waals surface area contributed by atoms with E-state index in [1.165, 1.54) is 34.1 Å². The number of carbonyl (C=O) groups is 3. The quantitative estimate of drug-likeness (QED) is 0.576. The molecule has 5 rings (SSSR count). The van der Waals surface area contributed by atoms with Crippen LogP contribution in [0.25, 0.3) is 11.1 Å². The lowest BCUT2D eigenvalue weighted by Crippen LogP contribution is -2.60. The highest BCUT2D eigenvalue weighted by Gasteiger charge is 2.40. The number of carbonyl (C=O) groups excluding carboxylic acids is 3. The van der Waals surface area contributed by atoms with Crippen molar-refractivity contribution in [2.45, 2.75) is 12.2 Å². The summed E-state index contributed by atoms with van der Waals surface area (Å²) >= 11 is 0. The van der Waals surface area contributed by atoms with Crippen LogP contribution < -0.4 is 10.1 Å². The average molecular weight is 509 g/mol. The van der Waals surface area contributed by atoms with Crippen molar-refractivity contribution in [3.05, 3.63) is 83.9 Å². The lowest BCUT2D eigenvalue weighted by atomic mass is 9.99. The van der Waals surface area contributed by atoms with E-state index in [9.17, 15) is 27.6 Å². The van der Waals surface area contributed by atoms with Gasteiger partial charge < -0.3 is 19.9 Å². The zero-order valence-corrected chi connectivity index (χ0v) is 19.5. The molecular formula is C27H22F3N3O4. The van der Waals surface area contributed by atoms with Gasteiger partial charge in [-0.1, -0.05) is 36.4 Å². The zero-order valence-electron chi connectivity index (χ0n) is 19.5.